The molecule has 0 amide bonds. The summed E-state index contributed by atoms with van der Waals surface area (Å²) in [5, 5.41) is 3.37. The van der Waals surface area contributed by atoms with E-state index in [0.29, 0.717) is 13.2 Å². The van der Waals surface area contributed by atoms with Gasteiger partial charge in [0.1, 0.15) is 17.2 Å². The smallest absolute Gasteiger partial charge is 0.142 e. The summed E-state index contributed by atoms with van der Waals surface area (Å²) in [5.41, 5.74) is 1.99. The summed E-state index contributed by atoms with van der Waals surface area (Å²) < 4.78 is 16.2. The Balaban J connectivity index is 2.16. The predicted octanol–water partition coefficient (Wildman–Crippen LogP) is 3.71. The first-order valence-corrected chi connectivity index (χ1v) is 6.95. The third-order valence-electron chi connectivity index (χ3n) is 3.15. The summed E-state index contributed by atoms with van der Waals surface area (Å²) in [6.45, 7) is 3.29. The van der Waals surface area contributed by atoms with Gasteiger partial charge in [-0.1, -0.05) is 18.2 Å². The summed E-state index contributed by atoms with van der Waals surface area (Å²) in [6, 6.07) is 13.7. The lowest BCUT2D eigenvalue weighted by Crippen LogP contribution is -2.04. The lowest BCUT2D eigenvalue weighted by atomic mass is 10.2. The van der Waals surface area contributed by atoms with Crippen molar-refractivity contribution in [3.63, 3.8) is 0 Å². The van der Waals surface area contributed by atoms with Crippen LogP contribution in [0.5, 0.6) is 17.2 Å². The number of nitrogens with one attached hydrogen (secondary N) is 1. The molecule has 0 unspecified atom stereocenters. The first kappa shape index (κ1) is 15.0. The van der Waals surface area contributed by atoms with Gasteiger partial charge in [0, 0.05) is 18.2 Å². The van der Waals surface area contributed by atoms with Crippen molar-refractivity contribution in [3.8, 4) is 17.2 Å². The van der Waals surface area contributed by atoms with Crippen LogP contribution in [0.3, 0.4) is 0 Å². The predicted molar refractivity (Wildman–Crippen MR) is 84.5 cm³/mol. The molecule has 112 valence electrons. The first-order valence-electron chi connectivity index (χ1n) is 6.95. The third kappa shape index (κ3) is 3.81. The molecule has 1 N–H and O–H groups in total. The Labute approximate surface area is 125 Å². The molecule has 2 aromatic rings. The number of benzene rings is 2. The second-order valence-corrected chi connectivity index (χ2v) is 4.46. The molecule has 0 heterocycles. The molecule has 2 rings (SSSR count). The molecule has 0 atom stereocenters. The van der Waals surface area contributed by atoms with E-state index < -0.39 is 0 Å². The number of methoxy groups -OCH3 is 2. The lowest BCUT2D eigenvalue weighted by Gasteiger charge is -2.14. The highest BCUT2D eigenvalue weighted by atomic mass is 16.5. The van der Waals surface area contributed by atoms with Crippen LogP contribution in [0.15, 0.2) is 42.5 Å². The maximum atomic E-state index is 5.63. The SMILES string of the molecule is CCOc1ccccc1CNc1cc(OC)ccc1OC. The third-order valence-corrected chi connectivity index (χ3v) is 3.15. The maximum absolute atomic E-state index is 5.63. The Morgan fingerprint density at radius 2 is 1.76 bits per heavy atom. The van der Waals surface area contributed by atoms with E-state index in [9.17, 15) is 0 Å². The number of para-hydroxylation sites is 1. The minimum absolute atomic E-state index is 0.652. The minimum Gasteiger partial charge on any atom is -0.497 e. The van der Waals surface area contributed by atoms with Gasteiger partial charge in [0.25, 0.3) is 0 Å². The quantitative estimate of drug-likeness (QED) is 0.842. The zero-order valence-corrected chi connectivity index (χ0v) is 12.7. The van der Waals surface area contributed by atoms with E-state index in [1.807, 2.05) is 49.4 Å². The summed E-state index contributed by atoms with van der Waals surface area (Å²) in [5.74, 6) is 2.47. The lowest BCUT2D eigenvalue weighted by molar-refractivity contribution is 0.337. The van der Waals surface area contributed by atoms with Gasteiger partial charge in [0.05, 0.1) is 26.5 Å². The second kappa shape index (κ2) is 7.43. The number of hydrogen-bond acceptors (Lipinski definition) is 4. The van der Waals surface area contributed by atoms with Crippen LogP contribution in [0.25, 0.3) is 0 Å². The van der Waals surface area contributed by atoms with Gasteiger partial charge in [0.2, 0.25) is 0 Å². The average Bonchev–Trinajstić information content (AvgIpc) is 2.54. The molecule has 0 aromatic heterocycles. The van der Waals surface area contributed by atoms with Crippen LogP contribution in [0.2, 0.25) is 0 Å². The molecule has 0 aliphatic rings. The fourth-order valence-corrected chi connectivity index (χ4v) is 2.09. The molecule has 0 fully saturated rings. The molecule has 0 aliphatic carbocycles. The van der Waals surface area contributed by atoms with Crippen LogP contribution < -0.4 is 19.5 Å². The summed E-state index contributed by atoms with van der Waals surface area (Å²) in [6.07, 6.45) is 0. The summed E-state index contributed by atoms with van der Waals surface area (Å²) in [7, 11) is 3.30. The molecule has 0 bridgehead atoms. The van der Waals surface area contributed by atoms with Gasteiger partial charge >= 0.3 is 0 Å². The summed E-state index contributed by atoms with van der Waals surface area (Å²) in [4.78, 5) is 0. The van der Waals surface area contributed by atoms with E-state index in [2.05, 4.69) is 5.32 Å². The van der Waals surface area contributed by atoms with E-state index in [4.69, 9.17) is 14.2 Å². The zero-order chi connectivity index (χ0) is 15.1. The van der Waals surface area contributed by atoms with Crippen LogP contribution in [-0.2, 0) is 6.54 Å². The van der Waals surface area contributed by atoms with Gasteiger partial charge in [-0.15, -0.1) is 0 Å². The number of ether oxygens (including phenoxy) is 3. The van der Waals surface area contributed by atoms with Crippen LogP contribution in [0.1, 0.15) is 12.5 Å². The van der Waals surface area contributed by atoms with Crippen molar-refractivity contribution in [2.75, 3.05) is 26.1 Å². The van der Waals surface area contributed by atoms with E-state index in [-0.39, 0.29) is 0 Å². The van der Waals surface area contributed by atoms with Crippen LogP contribution in [-0.4, -0.2) is 20.8 Å². The maximum Gasteiger partial charge on any atom is 0.142 e. The normalized spacial score (nSPS) is 10.0. The Bertz CT molecular complexity index is 584. The summed E-state index contributed by atoms with van der Waals surface area (Å²) >= 11 is 0. The van der Waals surface area contributed by atoms with Crippen molar-refractivity contribution >= 4 is 5.69 Å². The number of rotatable bonds is 7. The Kier molecular flexibility index (Phi) is 5.32. The first-order chi connectivity index (χ1) is 10.3. The van der Waals surface area contributed by atoms with E-state index >= 15 is 0 Å². The fourth-order valence-electron chi connectivity index (χ4n) is 2.09. The van der Waals surface area contributed by atoms with Crippen molar-refractivity contribution in [1.29, 1.82) is 0 Å². The molecule has 2 aromatic carbocycles. The van der Waals surface area contributed by atoms with Gasteiger partial charge < -0.3 is 19.5 Å². The van der Waals surface area contributed by atoms with Crippen molar-refractivity contribution in [1.82, 2.24) is 0 Å². The van der Waals surface area contributed by atoms with Crippen molar-refractivity contribution in [2.45, 2.75) is 13.5 Å². The van der Waals surface area contributed by atoms with E-state index in [1.165, 1.54) is 0 Å². The van der Waals surface area contributed by atoms with E-state index in [0.717, 1.165) is 28.5 Å². The Morgan fingerprint density at radius 1 is 0.952 bits per heavy atom. The molecule has 0 radical (unpaired) electrons. The highest BCUT2D eigenvalue weighted by Gasteiger charge is 2.07. The minimum atomic E-state index is 0.652. The highest BCUT2D eigenvalue weighted by molar-refractivity contribution is 5.60. The van der Waals surface area contributed by atoms with Gasteiger partial charge in [-0.25, -0.2) is 0 Å². The fraction of sp³-hybridized carbons (Fsp3) is 0.294. The van der Waals surface area contributed by atoms with Crippen molar-refractivity contribution < 1.29 is 14.2 Å². The van der Waals surface area contributed by atoms with Crippen LogP contribution in [0, 0.1) is 0 Å². The molecule has 0 saturated carbocycles. The zero-order valence-electron chi connectivity index (χ0n) is 12.7. The molecule has 0 aliphatic heterocycles. The Hall–Kier alpha value is -2.36. The van der Waals surface area contributed by atoms with Crippen LogP contribution >= 0.6 is 0 Å². The molecule has 4 heteroatoms. The van der Waals surface area contributed by atoms with Gasteiger partial charge in [-0.05, 0) is 25.1 Å². The molecular weight excluding hydrogens is 266 g/mol. The molecule has 21 heavy (non-hydrogen) atoms. The molecular formula is C17H21NO3. The molecule has 0 spiro atoms. The average molecular weight is 287 g/mol. The topological polar surface area (TPSA) is 39.7 Å². The molecule has 4 nitrogen and oxygen atoms in total. The van der Waals surface area contributed by atoms with E-state index in [1.54, 1.807) is 14.2 Å². The standard InChI is InChI=1S/C17H21NO3/c1-4-21-16-8-6-5-7-13(16)12-18-15-11-14(19-2)9-10-17(15)20-3/h5-11,18H,4,12H2,1-3H3. The number of hydrogen-bond donors (Lipinski definition) is 1. The highest BCUT2D eigenvalue weighted by Crippen LogP contribution is 2.30. The largest absolute Gasteiger partial charge is 0.497 e. The van der Waals surface area contributed by atoms with Crippen LogP contribution in [0.4, 0.5) is 5.69 Å². The van der Waals surface area contributed by atoms with Crippen molar-refractivity contribution in [3.05, 3.63) is 48.0 Å². The van der Waals surface area contributed by atoms with Gasteiger partial charge in [-0.2, -0.15) is 0 Å². The van der Waals surface area contributed by atoms with Crippen molar-refractivity contribution in [2.24, 2.45) is 0 Å². The number of anilines is 1. The van der Waals surface area contributed by atoms with Gasteiger partial charge in [-0.3, -0.25) is 0 Å². The van der Waals surface area contributed by atoms with Gasteiger partial charge in [0.15, 0.2) is 0 Å². The Morgan fingerprint density at radius 3 is 2.48 bits per heavy atom. The second-order valence-electron chi connectivity index (χ2n) is 4.46. The molecule has 0 saturated heterocycles. The monoisotopic (exact) mass is 287 g/mol.